The highest BCUT2D eigenvalue weighted by molar-refractivity contribution is 7.99. The average molecular weight is 461 g/mol. The third kappa shape index (κ3) is 6.88. The molecule has 156 valence electrons. The van der Waals surface area contributed by atoms with Gasteiger partial charge in [0.15, 0.2) is 0 Å². The first kappa shape index (κ1) is 22.4. The molecule has 0 saturated heterocycles. The van der Waals surface area contributed by atoms with Crippen LogP contribution in [0.25, 0.3) is 0 Å². The van der Waals surface area contributed by atoms with E-state index in [1.54, 1.807) is 36.0 Å². The van der Waals surface area contributed by atoms with Crippen LogP contribution in [0.4, 0.5) is 5.69 Å². The highest BCUT2D eigenvalue weighted by Crippen LogP contribution is 2.33. The van der Waals surface area contributed by atoms with E-state index >= 15 is 0 Å². The summed E-state index contributed by atoms with van der Waals surface area (Å²) in [7, 11) is -3.52. The first-order valence-corrected chi connectivity index (χ1v) is 12.2. The molecule has 0 fully saturated rings. The lowest BCUT2D eigenvalue weighted by Crippen LogP contribution is -2.30. The van der Waals surface area contributed by atoms with Crippen LogP contribution in [0.3, 0.4) is 0 Å². The zero-order chi connectivity index (χ0) is 21.6. The number of para-hydroxylation sites is 1. The molecule has 0 saturated carbocycles. The van der Waals surface area contributed by atoms with E-state index in [0.717, 1.165) is 16.0 Å². The number of hydrogen-bond donors (Lipinski definition) is 2. The molecular weight excluding hydrogens is 440 g/mol. The van der Waals surface area contributed by atoms with Crippen LogP contribution < -0.4 is 10.0 Å². The molecule has 30 heavy (non-hydrogen) atoms. The maximum Gasteiger partial charge on any atom is 0.226 e. The van der Waals surface area contributed by atoms with Crippen LogP contribution in [-0.2, 0) is 14.8 Å². The van der Waals surface area contributed by atoms with E-state index in [0.29, 0.717) is 16.3 Å². The Kier molecular flexibility index (Phi) is 7.55. The smallest absolute Gasteiger partial charge is 0.226 e. The van der Waals surface area contributed by atoms with E-state index < -0.39 is 16.1 Å². The standard InChI is InChI=1S/C22H21ClN2O3S2/c1-30(27,28)25-20(16-11-13-17(23)14-12-16)15-22(26)24-19-9-5-6-10-21(19)29-18-7-3-2-4-8-18/h2-14,20,25H,15H2,1H3,(H,24,26)/t20-/m0/s1. The molecule has 1 atom stereocenters. The van der Waals surface area contributed by atoms with Crippen LogP contribution in [0, 0.1) is 0 Å². The Bertz CT molecular complexity index is 1100. The molecule has 0 aliphatic carbocycles. The summed E-state index contributed by atoms with van der Waals surface area (Å²) in [4.78, 5) is 14.7. The van der Waals surface area contributed by atoms with Gasteiger partial charge >= 0.3 is 0 Å². The summed E-state index contributed by atoms with van der Waals surface area (Å²) < 4.78 is 26.1. The Morgan fingerprint density at radius 1 is 0.967 bits per heavy atom. The lowest BCUT2D eigenvalue weighted by Gasteiger charge is -2.18. The molecule has 0 unspecified atom stereocenters. The number of amides is 1. The largest absolute Gasteiger partial charge is 0.325 e. The summed E-state index contributed by atoms with van der Waals surface area (Å²) in [6, 6.07) is 23.4. The Morgan fingerprint density at radius 2 is 1.60 bits per heavy atom. The van der Waals surface area contributed by atoms with Gasteiger partial charge in [0.1, 0.15) is 0 Å². The van der Waals surface area contributed by atoms with Crippen LogP contribution in [0.2, 0.25) is 5.02 Å². The zero-order valence-corrected chi connectivity index (χ0v) is 18.6. The molecule has 0 heterocycles. The highest BCUT2D eigenvalue weighted by Gasteiger charge is 2.20. The summed E-state index contributed by atoms with van der Waals surface area (Å²) in [6.45, 7) is 0. The Hall–Kier alpha value is -2.32. The molecule has 3 aromatic carbocycles. The molecular formula is C22H21ClN2O3S2. The number of sulfonamides is 1. The van der Waals surface area contributed by atoms with Gasteiger partial charge in [0, 0.05) is 21.2 Å². The van der Waals surface area contributed by atoms with E-state index in [9.17, 15) is 13.2 Å². The van der Waals surface area contributed by atoms with Gasteiger partial charge in [-0.1, -0.05) is 65.8 Å². The third-order valence-corrected chi connectivity index (χ3v) is 6.20. The predicted octanol–water partition coefficient (Wildman–Crippen LogP) is 5.11. The van der Waals surface area contributed by atoms with Crippen molar-refractivity contribution in [3.8, 4) is 0 Å². The summed E-state index contributed by atoms with van der Waals surface area (Å²) >= 11 is 7.47. The summed E-state index contributed by atoms with van der Waals surface area (Å²) in [5.74, 6) is -0.299. The second-order valence-electron chi connectivity index (χ2n) is 6.66. The van der Waals surface area contributed by atoms with Gasteiger partial charge in [-0.2, -0.15) is 0 Å². The normalized spacial score (nSPS) is 12.3. The van der Waals surface area contributed by atoms with Gasteiger partial charge in [-0.3, -0.25) is 4.79 Å². The van der Waals surface area contributed by atoms with Crippen molar-refractivity contribution < 1.29 is 13.2 Å². The molecule has 0 bridgehead atoms. The van der Waals surface area contributed by atoms with Crippen molar-refractivity contribution in [3.63, 3.8) is 0 Å². The molecule has 8 heteroatoms. The van der Waals surface area contributed by atoms with E-state index in [2.05, 4.69) is 10.0 Å². The number of nitrogens with one attached hydrogen (secondary N) is 2. The fourth-order valence-corrected chi connectivity index (χ4v) is 4.63. The Balaban J connectivity index is 1.76. The second kappa shape index (κ2) is 10.1. The fourth-order valence-electron chi connectivity index (χ4n) is 2.84. The molecule has 3 aromatic rings. The molecule has 0 aliphatic rings. The molecule has 1 amide bonds. The van der Waals surface area contributed by atoms with Crippen LogP contribution in [0.15, 0.2) is 88.7 Å². The molecule has 0 aromatic heterocycles. The van der Waals surface area contributed by atoms with Crippen molar-refractivity contribution in [2.75, 3.05) is 11.6 Å². The van der Waals surface area contributed by atoms with Crippen molar-refractivity contribution in [3.05, 3.63) is 89.4 Å². The van der Waals surface area contributed by atoms with Crippen LogP contribution >= 0.6 is 23.4 Å². The highest BCUT2D eigenvalue weighted by atomic mass is 35.5. The minimum Gasteiger partial charge on any atom is -0.325 e. The van der Waals surface area contributed by atoms with Crippen molar-refractivity contribution in [1.29, 1.82) is 0 Å². The lowest BCUT2D eigenvalue weighted by atomic mass is 10.0. The first-order valence-electron chi connectivity index (χ1n) is 9.15. The fraction of sp³-hybridized carbons (Fsp3) is 0.136. The summed E-state index contributed by atoms with van der Waals surface area (Å²) in [6.07, 6.45) is 1.01. The van der Waals surface area contributed by atoms with Gasteiger partial charge in [-0.15, -0.1) is 0 Å². The monoisotopic (exact) mass is 460 g/mol. The van der Waals surface area contributed by atoms with Gasteiger partial charge < -0.3 is 5.32 Å². The van der Waals surface area contributed by atoms with E-state index in [4.69, 9.17) is 11.6 Å². The molecule has 5 nitrogen and oxygen atoms in total. The lowest BCUT2D eigenvalue weighted by molar-refractivity contribution is -0.116. The van der Waals surface area contributed by atoms with Crippen molar-refractivity contribution >= 4 is 45.0 Å². The SMILES string of the molecule is CS(=O)(=O)N[C@@H](CC(=O)Nc1ccccc1Sc1ccccc1)c1ccc(Cl)cc1. The molecule has 0 aliphatic heterocycles. The number of carbonyl (C=O) groups excluding carboxylic acids is 1. The first-order chi connectivity index (χ1) is 14.3. The van der Waals surface area contributed by atoms with E-state index in [-0.39, 0.29) is 12.3 Å². The number of benzene rings is 3. The average Bonchev–Trinajstić information content (AvgIpc) is 2.69. The maximum atomic E-state index is 12.8. The second-order valence-corrected chi connectivity index (χ2v) is 9.99. The number of halogens is 1. The van der Waals surface area contributed by atoms with Gasteiger partial charge in [-0.05, 0) is 42.0 Å². The molecule has 0 radical (unpaired) electrons. The Morgan fingerprint density at radius 3 is 2.27 bits per heavy atom. The van der Waals surface area contributed by atoms with Crippen molar-refractivity contribution in [2.24, 2.45) is 0 Å². The van der Waals surface area contributed by atoms with Crippen LogP contribution in [-0.4, -0.2) is 20.6 Å². The number of carbonyl (C=O) groups is 1. The van der Waals surface area contributed by atoms with Gasteiger partial charge in [-0.25, -0.2) is 13.1 Å². The maximum absolute atomic E-state index is 12.8. The van der Waals surface area contributed by atoms with E-state index in [1.165, 1.54) is 0 Å². The quantitative estimate of drug-likeness (QED) is 0.489. The zero-order valence-electron chi connectivity index (χ0n) is 16.2. The van der Waals surface area contributed by atoms with Crippen molar-refractivity contribution in [2.45, 2.75) is 22.3 Å². The number of rotatable bonds is 8. The number of hydrogen-bond acceptors (Lipinski definition) is 4. The van der Waals surface area contributed by atoms with Gasteiger partial charge in [0.25, 0.3) is 0 Å². The van der Waals surface area contributed by atoms with Crippen molar-refractivity contribution in [1.82, 2.24) is 4.72 Å². The van der Waals surface area contributed by atoms with Crippen LogP contribution in [0.1, 0.15) is 18.0 Å². The molecule has 2 N–H and O–H groups in total. The molecule has 3 rings (SSSR count). The summed E-state index contributed by atoms with van der Waals surface area (Å²) in [5, 5.41) is 3.44. The van der Waals surface area contributed by atoms with Crippen LogP contribution in [0.5, 0.6) is 0 Å². The number of anilines is 1. The Labute approximate surface area is 185 Å². The molecule has 0 spiro atoms. The third-order valence-electron chi connectivity index (χ3n) is 4.15. The van der Waals surface area contributed by atoms with Gasteiger partial charge in [0.05, 0.1) is 18.0 Å². The van der Waals surface area contributed by atoms with Gasteiger partial charge in [0.2, 0.25) is 15.9 Å². The minimum atomic E-state index is -3.52. The topological polar surface area (TPSA) is 75.3 Å². The predicted molar refractivity (Wildman–Crippen MR) is 122 cm³/mol. The van der Waals surface area contributed by atoms with E-state index in [1.807, 2.05) is 54.6 Å². The summed E-state index contributed by atoms with van der Waals surface area (Å²) in [5.41, 5.74) is 1.33. The minimum absolute atomic E-state index is 0.0565.